The Kier molecular flexibility index (Phi) is 9.95. The number of carbonyl (C=O) groups excluding carboxylic acids is 2. The molecule has 2 aromatic carbocycles. The Hall–Kier alpha value is -2.32. The highest BCUT2D eigenvalue weighted by Crippen LogP contribution is 2.35. The van der Waals surface area contributed by atoms with Gasteiger partial charge in [-0.25, -0.2) is 4.79 Å². The van der Waals surface area contributed by atoms with Crippen molar-refractivity contribution in [1.82, 2.24) is 14.7 Å². The highest BCUT2D eigenvalue weighted by atomic mass is 35.5. The van der Waals surface area contributed by atoms with Gasteiger partial charge in [0.1, 0.15) is 5.60 Å². The fraction of sp³-hybridized carbons (Fsp3) is 0.562. The summed E-state index contributed by atoms with van der Waals surface area (Å²) in [5.74, 6) is 0.250. The molecule has 2 aliphatic rings. The van der Waals surface area contributed by atoms with Crippen molar-refractivity contribution in [3.05, 3.63) is 69.7 Å². The highest BCUT2D eigenvalue weighted by Gasteiger charge is 2.42. The Balaban J connectivity index is 1.46. The standard InChI is InChI=1S/C32H43Cl2N3O4/c1-31(2,3)41-30(39)35-16-14-22(15-17-35)20-28(38)37-19-18-36(21-27(37)32(4,5)40)29(23-6-10-25(33)11-7-23)24-8-12-26(34)13-9-24/h6-13,22,27,29,40H,14-21H2,1-5H3/t27-/m1/s1. The number of halogens is 2. The topological polar surface area (TPSA) is 73.3 Å². The molecule has 0 spiro atoms. The summed E-state index contributed by atoms with van der Waals surface area (Å²) in [6.45, 7) is 12.0. The summed E-state index contributed by atoms with van der Waals surface area (Å²) in [5, 5.41) is 12.6. The number of aliphatic hydroxyl groups is 1. The number of hydrogen-bond donors (Lipinski definition) is 1. The summed E-state index contributed by atoms with van der Waals surface area (Å²) >= 11 is 12.4. The smallest absolute Gasteiger partial charge is 0.410 e. The Morgan fingerprint density at radius 2 is 1.39 bits per heavy atom. The number of likely N-dealkylation sites (tertiary alicyclic amines) is 1. The summed E-state index contributed by atoms with van der Waals surface area (Å²) in [6, 6.07) is 15.2. The van der Waals surface area contributed by atoms with Gasteiger partial charge < -0.3 is 19.6 Å². The van der Waals surface area contributed by atoms with Crippen LogP contribution in [-0.2, 0) is 9.53 Å². The molecule has 9 heteroatoms. The third kappa shape index (κ3) is 8.38. The van der Waals surface area contributed by atoms with Gasteiger partial charge in [0, 0.05) is 49.2 Å². The minimum atomic E-state index is -1.10. The quantitative estimate of drug-likeness (QED) is 0.413. The van der Waals surface area contributed by atoms with Crippen LogP contribution in [0.2, 0.25) is 10.0 Å². The molecule has 1 atom stereocenters. The van der Waals surface area contributed by atoms with Crippen LogP contribution in [0.25, 0.3) is 0 Å². The molecule has 2 amide bonds. The molecule has 7 nitrogen and oxygen atoms in total. The molecular formula is C32H43Cl2N3O4. The molecule has 2 saturated heterocycles. The van der Waals surface area contributed by atoms with Gasteiger partial charge in [0.05, 0.1) is 17.7 Å². The van der Waals surface area contributed by atoms with Crippen molar-refractivity contribution in [3.8, 4) is 0 Å². The van der Waals surface area contributed by atoms with E-state index in [0.717, 1.165) is 24.0 Å². The number of hydrogen-bond acceptors (Lipinski definition) is 5. The Bertz CT molecular complexity index is 1140. The summed E-state index contributed by atoms with van der Waals surface area (Å²) in [4.78, 5) is 32.1. The number of amides is 2. The second-order valence-corrected chi connectivity index (χ2v) is 13.7. The van der Waals surface area contributed by atoms with Gasteiger partial charge in [-0.2, -0.15) is 0 Å². The molecule has 0 aliphatic carbocycles. The Labute approximate surface area is 254 Å². The van der Waals surface area contributed by atoms with E-state index >= 15 is 0 Å². The minimum absolute atomic E-state index is 0.0574. The van der Waals surface area contributed by atoms with E-state index < -0.39 is 11.2 Å². The van der Waals surface area contributed by atoms with Crippen LogP contribution < -0.4 is 0 Å². The van der Waals surface area contributed by atoms with E-state index in [1.54, 1.807) is 18.7 Å². The molecule has 0 unspecified atom stereocenters. The van der Waals surface area contributed by atoms with E-state index in [4.69, 9.17) is 27.9 Å². The molecule has 41 heavy (non-hydrogen) atoms. The molecule has 0 saturated carbocycles. The van der Waals surface area contributed by atoms with Crippen molar-refractivity contribution >= 4 is 35.2 Å². The van der Waals surface area contributed by atoms with E-state index in [0.29, 0.717) is 49.2 Å². The van der Waals surface area contributed by atoms with E-state index in [2.05, 4.69) is 4.90 Å². The number of nitrogens with zero attached hydrogens (tertiary/aromatic N) is 3. The lowest BCUT2D eigenvalue weighted by Crippen LogP contribution is -2.63. The van der Waals surface area contributed by atoms with Gasteiger partial charge in [-0.3, -0.25) is 9.69 Å². The van der Waals surface area contributed by atoms with Crippen molar-refractivity contribution in [1.29, 1.82) is 0 Å². The monoisotopic (exact) mass is 603 g/mol. The first-order valence-corrected chi connectivity index (χ1v) is 15.2. The van der Waals surface area contributed by atoms with Crippen LogP contribution in [0.1, 0.15) is 71.0 Å². The lowest BCUT2D eigenvalue weighted by Gasteiger charge is -2.49. The van der Waals surface area contributed by atoms with Gasteiger partial charge in [-0.15, -0.1) is 0 Å². The predicted molar refractivity (Wildman–Crippen MR) is 163 cm³/mol. The number of piperazine rings is 1. The third-order valence-corrected chi connectivity index (χ3v) is 8.52. The first-order chi connectivity index (χ1) is 19.2. The second-order valence-electron chi connectivity index (χ2n) is 12.9. The molecule has 2 aromatic rings. The van der Waals surface area contributed by atoms with Crippen LogP contribution >= 0.6 is 23.2 Å². The molecule has 1 N–H and O–H groups in total. The second kappa shape index (κ2) is 12.9. The summed E-state index contributed by atoms with van der Waals surface area (Å²) < 4.78 is 5.51. The van der Waals surface area contributed by atoms with E-state index in [-0.39, 0.29) is 30.0 Å². The van der Waals surface area contributed by atoms with Crippen LogP contribution in [0.3, 0.4) is 0 Å². The van der Waals surface area contributed by atoms with Crippen molar-refractivity contribution in [2.75, 3.05) is 32.7 Å². The van der Waals surface area contributed by atoms with Gasteiger partial charge in [-0.1, -0.05) is 47.5 Å². The molecule has 0 bridgehead atoms. The molecule has 0 aromatic heterocycles. The van der Waals surface area contributed by atoms with Crippen LogP contribution in [-0.4, -0.2) is 81.8 Å². The average Bonchev–Trinajstić information content (AvgIpc) is 2.90. The normalized spacial score (nSPS) is 19.5. The number of ether oxygens (including phenoxy) is 1. The van der Waals surface area contributed by atoms with Crippen molar-refractivity contribution in [3.63, 3.8) is 0 Å². The van der Waals surface area contributed by atoms with Gasteiger partial charge in [-0.05, 0) is 88.8 Å². The fourth-order valence-corrected chi connectivity index (χ4v) is 6.11. The van der Waals surface area contributed by atoms with Crippen LogP contribution in [0, 0.1) is 5.92 Å². The molecule has 2 fully saturated rings. The minimum Gasteiger partial charge on any atom is -0.444 e. The molecule has 4 rings (SSSR count). The highest BCUT2D eigenvalue weighted by molar-refractivity contribution is 6.30. The van der Waals surface area contributed by atoms with Gasteiger partial charge in [0.25, 0.3) is 0 Å². The lowest BCUT2D eigenvalue weighted by molar-refractivity contribution is -0.146. The Morgan fingerprint density at radius 3 is 1.85 bits per heavy atom. The van der Waals surface area contributed by atoms with Crippen LogP contribution in [0.15, 0.2) is 48.5 Å². The molecule has 2 heterocycles. The van der Waals surface area contributed by atoms with Crippen molar-refractivity contribution in [2.24, 2.45) is 5.92 Å². The van der Waals surface area contributed by atoms with Crippen molar-refractivity contribution < 1.29 is 19.4 Å². The predicted octanol–water partition coefficient (Wildman–Crippen LogP) is 6.40. The summed E-state index contributed by atoms with van der Waals surface area (Å²) in [5.41, 5.74) is 0.544. The largest absolute Gasteiger partial charge is 0.444 e. The number of carbonyl (C=O) groups is 2. The fourth-order valence-electron chi connectivity index (χ4n) is 5.86. The van der Waals surface area contributed by atoms with Crippen LogP contribution in [0.5, 0.6) is 0 Å². The van der Waals surface area contributed by atoms with Crippen LogP contribution in [0.4, 0.5) is 4.79 Å². The number of rotatable bonds is 6. The zero-order valence-corrected chi connectivity index (χ0v) is 26.3. The number of piperidine rings is 1. The summed E-state index contributed by atoms with van der Waals surface area (Å²) in [7, 11) is 0. The zero-order valence-electron chi connectivity index (χ0n) is 24.8. The maximum absolute atomic E-state index is 13.7. The van der Waals surface area contributed by atoms with E-state index in [9.17, 15) is 14.7 Å². The zero-order chi connectivity index (χ0) is 29.9. The molecular weight excluding hydrogens is 561 g/mol. The van der Waals surface area contributed by atoms with E-state index in [1.807, 2.05) is 74.2 Å². The Morgan fingerprint density at radius 1 is 0.878 bits per heavy atom. The first kappa shape index (κ1) is 31.6. The lowest BCUT2D eigenvalue weighted by atomic mass is 9.89. The maximum atomic E-state index is 13.7. The van der Waals surface area contributed by atoms with Crippen molar-refractivity contribution in [2.45, 2.75) is 77.2 Å². The van der Waals surface area contributed by atoms with Gasteiger partial charge in [0.2, 0.25) is 5.91 Å². The average molecular weight is 605 g/mol. The molecule has 0 radical (unpaired) electrons. The van der Waals surface area contributed by atoms with E-state index in [1.165, 1.54) is 0 Å². The molecule has 2 aliphatic heterocycles. The van der Waals surface area contributed by atoms with Gasteiger partial charge >= 0.3 is 6.09 Å². The maximum Gasteiger partial charge on any atom is 0.410 e. The third-order valence-electron chi connectivity index (χ3n) is 8.01. The molecule has 224 valence electrons. The number of benzene rings is 2. The summed E-state index contributed by atoms with van der Waals surface area (Å²) in [6.07, 6.45) is 1.63. The SMILES string of the molecule is CC(C)(C)OC(=O)N1CCC(CC(=O)N2CCN(C(c3ccc(Cl)cc3)c3ccc(Cl)cc3)C[C@@H]2C(C)(C)O)CC1. The van der Waals surface area contributed by atoms with Gasteiger partial charge in [0.15, 0.2) is 0 Å². The first-order valence-electron chi connectivity index (χ1n) is 14.5.